The Balaban J connectivity index is 5.14. The predicted octanol–water partition coefficient (Wildman–Crippen LogP) is 4.35. The normalized spacial score (nSPS) is 12.5. The fourth-order valence-corrected chi connectivity index (χ4v) is 8.16. The van der Waals surface area contributed by atoms with E-state index in [2.05, 4.69) is 0 Å². The Labute approximate surface area is 231 Å². The van der Waals surface area contributed by atoms with E-state index in [1.165, 1.54) is 0 Å². The minimum Gasteiger partial charge on any atom is -0.450 e. The van der Waals surface area contributed by atoms with Crippen molar-refractivity contribution in [3.63, 3.8) is 0 Å². The Morgan fingerprint density at radius 1 is 0.553 bits per heavy atom. The molecule has 14 heteroatoms. The van der Waals surface area contributed by atoms with Crippen LogP contribution in [0.15, 0.2) is 0 Å². The number of nitrogens with two attached hydrogens (primary N) is 2. The number of carbonyl (C=O) groups excluding carboxylic acids is 2. The van der Waals surface area contributed by atoms with Crippen LogP contribution in [0.5, 0.6) is 0 Å². The van der Waals surface area contributed by atoms with Crippen LogP contribution < -0.4 is 11.5 Å². The van der Waals surface area contributed by atoms with Crippen LogP contribution in [0.1, 0.15) is 77.0 Å². The van der Waals surface area contributed by atoms with E-state index in [1.54, 1.807) is 42.7 Å². The van der Waals surface area contributed by atoms with Gasteiger partial charge in [0.1, 0.15) is 5.60 Å². The first-order chi connectivity index (χ1) is 18.1. The Bertz CT molecular complexity index is 595. The molecule has 226 valence electrons. The average Bonchev–Trinajstić information content (AvgIpc) is 2.90. The molecule has 0 saturated carbocycles. The molecule has 0 radical (unpaired) electrons. The van der Waals surface area contributed by atoms with Gasteiger partial charge in [-0.2, -0.15) is 0 Å². The molecule has 0 aromatic heterocycles. The van der Waals surface area contributed by atoms with E-state index in [1.807, 2.05) is 0 Å². The standard InChI is InChI=1S/C24H52N2O10Si2/c1-29-37(30-2,31-3)20-14-17-24(36-23(26)28,18-15-21-38(32-4,33-5)34-6)16-12-10-8-7-9-11-13-19-35-22(25)27/h7-21H2,1-6H3,(H2,25,27)(H2,26,28). The number of carbonyl (C=O) groups is 2. The predicted molar refractivity (Wildman–Crippen MR) is 148 cm³/mol. The lowest BCUT2D eigenvalue weighted by molar-refractivity contribution is -0.00884. The summed E-state index contributed by atoms with van der Waals surface area (Å²) < 4.78 is 44.0. The third kappa shape index (κ3) is 14.8. The van der Waals surface area contributed by atoms with Gasteiger partial charge in [0.25, 0.3) is 0 Å². The first-order valence-electron chi connectivity index (χ1n) is 13.3. The number of unbranched alkanes of at least 4 members (excludes halogenated alkanes) is 6. The zero-order valence-corrected chi connectivity index (χ0v) is 26.3. The maximum Gasteiger partial charge on any atom is 0.500 e. The number of hydrogen-bond acceptors (Lipinski definition) is 10. The summed E-state index contributed by atoms with van der Waals surface area (Å²) >= 11 is 0. The van der Waals surface area contributed by atoms with Gasteiger partial charge >= 0.3 is 29.8 Å². The topological polar surface area (TPSA) is 160 Å². The second-order valence-electron chi connectivity index (χ2n) is 9.29. The summed E-state index contributed by atoms with van der Waals surface area (Å²) in [5, 5.41) is 0. The molecule has 0 aliphatic heterocycles. The lowest BCUT2D eigenvalue weighted by atomic mass is 9.86. The molecule has 4 N–H and O–H groups in total. The van der Waals surface area contributed by atoms with E-state index in [9.17, 15) is 9.59 Å². The first kappa shape index (κ1) is 36.7. The van der Waals surface area contributed by atoms with Crippen molar-refractivity contribution >= 4 is 29.8 Å². The van der Waals surface area contributed by atoms with Crippen molar-refractivity contribution < 1.29 is 45.6 Å². The Morgan fingerprint density at radius 2 is 0.921 bits per heavy atom. The summed E-state index contributed by atoms with van der Waals surface area (Å²) in [6.07, 6.45) is 8.61. The molecule has 12 nitrogen and oxygen atoms in total. The highest BCUT2D eigenvalue weighted by Crippen LogP contribution is 2.34. The molecular formula is C24H52N2O10Si2. The van der Waals surface area contributed by atoms with Gasteiger partial charge in [0.2, 0.25) is 0 Å². The number of hydrogen-bond donors (Lipinski definition) is 2. The molecule has 0 bridgehead atoms. The molecule has 0 heterocycles. The SMILES string of the molecule is CO[Si](CCCC(CCCCCCCCCOC(N)=O)(CCC[Si](OC)(OC)OC)OC(N)=O)(OC)OC. The van der Waals surface area contributed by atoms with Gasteiger partial charge in [0.05, 0.1) is 6.61 Å². The quantitative estimate of drug-likeness (QED) is 0.117. The first-order valence-corrected chi connectivity index (χ1v) is 17.2. The van der Waals surface area contributed by atoms with Crippen LogP contribution >= 0.6 is 0 Å². The van der Waals surface area contributed by atoms with Crippen molar-refractivity contribution in [3.05, 3.63) is 0 Å². The molecular weight excluding hydrogens is 532 g/mol. The number of rotatable bonds is 25. The van der Waals surface area contributed by atoms with Gasteiger partial charge in [-0.3, -0.25) is 0 Å². The highest BCUT2D eigenvalue weighted by atomic mass is 28.4. The molecule has 0 aromatic carbocycles. The van der Waals surface area contributed by atoms with E-state index >= 15 is 0 Å². The smallest absolute Gasteiger partial charge is 0.450 e. The lowest BCUT2D eigenvalue weighted by Gasteiger charge is -2.35. The molecule has 0 aliphatic rings. The van der Waals surface area contributed by atoms with Gasteiger partial charge < -0.3 is 47.5 Å². The number of primary amides is 2. The van der Waals surface area contributed by atoms with E-state index in [-0.39, 0.29) is 0 Å². The highest BCUT2D eigenvalue weighted by molar-refractivity contribution is 6.60. The second kappa shape index (κ2) is 20.6. The third-order valence-electron chi connectivity index (χ3n) is 6.93. The zero-order chi connectivity index (χ0) is 28.9. The molecule has 2 amide bonds. The molecule has 0 aliphatic carbocycles. The second-order valence-corrected chi connectivity index (χ2v) is 15.5. The van der Waals surface area contributed by atoms with Gasteiger partial charge in [0.15, 0.2) is 0 Å². The van der Waals surface area contributed by atoms with Crippen molar-refractivity contribution in [1.82, 2.24) is 0 Å². The van der Waals surface area contributed by atoms with Crippen LogP contribution in [0.25, 0.3) is 0 Å². The molecule has 0 rings (SSSR count). The van der Waals surface area contributed by atoms with Crippen LogP contribution in [-0.2, 0) is 36.0 Å². The van der Waals surface area contributed by atoms with Crippen LogP contribution in [0.4, 0.5) is 9.59 Å². The molecule has 0 aromatic rings. The van der Waals surface area contributed by atoms with E-state index in [4.69, 9.17) is 47.5 Å². The summed E-state index contributed by atoms with van der Waals surface area (Å²) in [5.74, 6) is 0. The Kier molecular flexibility index (Phi) is 19.9. The summed E-state index contributed by atoms with van der Waals surface area (Å²) in [5.41, 5.74) is 9.78. The molecule has 0 fully saturated rings. The fraction of sp³-hybridized carbons (Fsp3) is 0.917. The van der Waals surface area contributed by atoms with Crippen LogP contribution in [0, 0.1) is 0 Å². The minimum atomic E-state index is -2.76. The van der Waals surface area contributed by atoms with Crippen LogP contribution in [-0.4, -0.2) is 84.7 Å². The van der Waals surface area contributed by atoms with E-state index in [0.29, 0.717) is 50.8 Å². The summed E-state index contributed by atoms with van der Waals surface area (Å²) in [6.45, 7) is 0.362. The van der Waals surface area contributed by atoms with Crippen molar-refractivity contribution in [3.8, 4) is 0 Å². The van der Waals surface area contributed by atoms with Crippen LogP contribution in [0.3, 0.4) is 0 Å². The van der Waals surface area contributed by atoms with Gasteiger partial charge in [-0.25, -0.2) is 9.59 Å². The Morgan fingerprint density at radius 3 is 1.29 bits per heavy atom. The minimum absolute atomic E-state index is 0.362. The molecule has 0 atom stereocenters. The number of ether oxygens (including phenoxy) is 2. The van der Waals surface area contributed by atoms with Gasteiger partial charge in [-0.05, 0) is 44.9 Å². The monoisotopic (exact) mass is 584 g/mol. The third-order valence-corrected chi connectivity index (χ3v) is 12.6. The maximum absolute atomic E-state index is 12.0. The fourth-order valence-electron chi connectivity index (χ4n) is 4.71. The Hall–Kier alpha value is -1.27. The van der Waals surface area contributed by atoms with Crippen molar-refractivity contribution in [2.75, 3.05) is 49.3 Å². The van der Waals surface area contributed by atoms with Crippen LogP contribution in [0.2, 0.25) is 12.1 Å². The molecule has 0 spiro atoms. The van der Waals surface area contributed by atoms with Crippen molar-refractivity contribution in [2.45, 2.75) is 94.7 Å². The zero-order valence-electron chi connectivity index (χ0n) is 24.3. The molecule has 0 unspecified atom stereocenters. The average molecular weight is 585 g/mol. The highest BCUT2D eigenvalue weighted by Gasteiger charge is 2.42. The number of amides is 2. The maximum atomic E-state index is 12.0. The molecule has 38 heavy (non-hydrogen) atoms. The summed E-state index contributed by atoms with van der Waals surface area (Å²) in [6, 6.07) is 1.18. The summed E-state index contributed by atoms with van der Waals surface area (Å²) in [4.78, 5) is 22.6. The van der Waals surface area contributed by atoms with Gasteiger partial charge in [0, 0.05) is 54.7 Å². The molecule has 0 saturated heterocycles. The van der Waals surface area contributed by atoms with Gasteiger partial charge in [-0.15, -0.1) is 0 Å². The van der Waals surface area contributed by atoms with Gasteiger partial charge in [-0.1, -0.05) is 32.1 Å². The van der Waals surface area contributed by atoms with E-state index < -0.39 is 35.4 Å². The van der Waals surface area contributed by atoms with Crippen molar-refractivity contribution in [1.29, 1.82) is 0 Å². The summed E-state index contributed by atoms with van der Waals surface area (Å²) in [7, 11) is 3.98. The lowest BCUT2D eigenvalue weighted by Crippen LogP contribution is -2.44. The van der Waals surface area contributed by atoms with Crippen molar-refractivity contribution in [2.24, 2.45) is 11.5 Å². The largest absolute Gasteiger partial charge is 0.500 e. The van der Waals surface area contributed by atoms with E-state index in [0.717, 1.165) is 44.9 Å².